The van der Waals surface area contributed by atoms with Crippen LogP contribution in [-0.4, -0.2) is 15.5 Å². The van der Waals surface area contributed by atoms with Crippen molar-refractivity contribution in [1.82, 2.24) is 9.55 Å². The van der Waals surface area contributed by atoms with Crippen LogP contribution in [0, 0.1) is 5.82 Å². The van der Waals surface area contributed by atoms with Gasteiger partial charge in [-0.15, -0.1) is 0 Å². The molecule has 0 fully saturated rings. The topological polar surface area (TPSA) is 46.9 Å². The molecule has 158 valence electrons. The van der Waals surface area contributed by atoms with E-state index in [1.54, 1.807) is 6.07 Å². The Morgan fingerprint density at radius 3 is 2.61 bits per heavy atom. The molecule has 1 N–H and O–H groups in total. The van der Waals surface area contributed by atoms with Gasteiger partial charge in [-0.05, 0) is 49.2 Å². The van der Waals surface area contributed by atoms with Crippen molar-refractivity contribution >= 4 is 34.2 Å². The van der Waals surface area contributed by atoms with Crippen molar-refractivity contribution in [2.75, 3.05) is 5.32 Å². The number of rotatable bonds is 7. The largest absolute Gasteiger partial charge is 0.328 e. The number of para-hydroxylation sites is 3. The number of fused-ring (bicyclic) bond motifs is 1. The zero-order valence-electron chi connectivity index (χ0n) is 17.2. The normalized spacial score (nSPS) is 11.1. The van der Waals surface area contributed by atoms with E-state index >= 15 is 0 Å². The van der Waals surface area contributed by atoms with Crippen LogP contribution >= 0.6 is 11.6 Å². The first-order valence-corrected chi connectivity index (χ1v) is 10.7. The number of nitrogens with one attached hydrogen (secondary N) is 1. The highest BCUT2D eigenvalue weighted by Crippen LogP contribution is 2.23. The number of nitrogens with zero attached hydrogens (tertiary/aromatic N) is 2. The van der Waals surface area contributed by atoms with Crippen molar-refractivity contribution in [1.29, 1.82) is 0 Å². The summed E-state index contributed by atoms with van der Waals surface area (Å²) >= 11 is 6.06. The summed E-state index contributed by atoms with van der Waals surface area (Å²) in [4.78, 5) is 17.4. The van der Waals surface area contributed by atoms with Crippen molar-refractivity contribution in [2.45, 2.75) is 32.7 Å². The molecule has 0 atom stereocenters. The maximum absolute atomic E-state index is 14.0. The van der Waals surface area contributed by atoms with Gasteiger partial charge in [-0.25, -0.2) is 9.37 Å². The minimum atomic E-state index is -0.477. The Hall–Kier alpha value is -3.18. The van der Waals surface area contributed by atoms with Crippen LogP contribution in [0.4, 0.5) is 10.1 Å². The molecule has 4 nitrogen and oxygen atoms in total. The summed E-state index contributed by atoms with van der Waals surface area (Å²) in [5.74, 6) is 0.234. The number of benzene rings is 3. The van der Waals surface area contributed by atoms with E-state index in [0.717, 1.165) is 47.5 Å². The fourth-order valence-electron chi connectivity index (χ4n) is 3.83. The summed E-state index contributed by atoms with van der Waals surface area (Å²) in [6.45, 7) is 2.96. The molecule has 0 aliphatic carbocycles. The molecule has 0 unspecified atom stereocenters. The van der Waals surface area contributed by atoms with E-state index < -0.39 is 5.82 Å². The highest BCUT2D eigenvalue weighted by Gasteiger charge is 2.14. The average Bonchev–Trinajstić information content (AvgIpc) is 3.13. The van der Waals surface area contributed by atoms with Crippen molar-refractivity contribution in [3.05, 3.63) is 94.5 Å². The molecule has 6 heteroatoms. The Balaban J connectivity index is 1.50. The van der Waals surface area contributed by atoms with Gasteiger partial charge < -0.3 is 9.88 Å². The molecule has 0 saturated carbocycles. The molecule has 1 aromatic heterocycles. The summed E-state index contributed by atoms with van der Waals surface area (Å²) < 4.78 is 16.2. The molecule has 0 aliphatic heterocycles. The third-order valence-corrected chi connectivity index (χ3v) is 5.71. The summed E-state index contributed by atoms with van der Waals surface area (Å²) in [7, 11) is 0. The van der Waals surface area contributed by atoms with Gasteiger partial charge in [0.1, 0.15) is 11.6 Å². The molecule has 4 rings (SSSR count). The Labute approximate surface area is 185 Å². The minimum absolute atomic E-state index is 0.120. The first-order chi connectivity index (χ1) is 15.1. The van der Waals surface area contributed by atoms with E-state index in [0.29, 0.717) is 0 Å². The highest BCUT2D eigenvalue weighted by molar-refractivity contribution is 6.31. The number of amides is 1. The van der Waals surface area contributed by atoms with E-state index in [2.05, 4.69) is 22.9 Å². The lowest BCUT2D eigenvalue weighted by atomic mass is 10.1. The van der Waals surface area contributed by atoms with E-state index in [1.165, 1.54) is 12.1 Å². The lowest BCUT2D eigenvalue weighted by Crippen LogP contribution is -2.17. The molecule has 1 heterocycles. The van der Waals surface area contributed by atoms with Crippen LogP contribution in [0.25, 0.3) is 11.0 Å². The van der Waals surface area contributed by atoms with E-state index in [9.17, 15) is 9.18 Å². The molecule has 0 radical (unpaired) electrons. The second kappa shape index (κ2) is 9.31. The van der Waals surface area contributed by atoms with Crippen LogP contribution in [0.15, 0.2) is 66.7 Å². The van der Waals surface area contributed by atoms with Gasteiger partial charge in [-0.1, -0.05) is 48.0 Å². The number of carbonyl (C=O) groups excluding carboxylic acids is 1. The first-order valence-electron chi connectivity index (χ1n) is 10.3. The monoisotopic (exact) mass is 435 g/mol. The molecule has 3 aromatic carbocycles. The van der Waals surface area contributed by atoms with Gasteiger partial charge in [0.2, 0.25) is 5.91 Å². The second-order valence-corrected chi connectivity index (χ2v) is 7.75. The Morgan fingerprint density at radius 1 is 1.03 bits per heavy atom. The fourth-order valence-corrected chi connectivity index (χ4v) is 4.06. The van der Waals surface area contributed by atoms with Crippen molar-refractivity contribution in [3.63, 3.8) is 0 Å². The molecule has 0 saturated heterocycles. The molecule has 0 bridgehead atoms. The summed E-state index contributed by atoms with van der Waals surface area (Å²) in [6.07, 6.45) is 1.35. The van der Waals surface area contributed by atoms with Crippen molar-refractivity contribution < 1.29 is 9.18 Å². The average molecular weight is 436 g/mol. The smallest absolute Gasteiger partial charge is 0.228 e. The highest BCUT2D eigenvalue weighted by atomic mass is 35.5. The molecule has 31 heavy (non-hydrogen) atoms. The Bertz CT molecular complexity index is 1210. The lowest BCUT2D eigenvalue weighted by molar-refractivity contribution is -0.115. The van der Waals surface area contributed by atoms with Gasteiger partial charge in [0, 0.05) is 29.2 Å². The maximum atomic E-state index is 14.0. The first kappa shape index (κ1) is 21.1. The van der Waals surface area contributed by atoms with Crippen LogP contribution in [0.3, 0.4) is 0 Å². The third-order valence-electron chi connectivity index (χ3n) is 5.36. The molecule has 0 spiro atoms. The predicted octanol–water partition coefficient (Wildman–Crippen LogP) is 5.82. The zero-order valence-corrected chi connectivity index (χ0v) is 18.0. The van der Waals surface area contributed by atoms with Crippen LogP contribution in [0.2, 0.25) is 5.02 Å². The van der Waals surface area contributed by atoms with Crippen molar-refractivity contribution in [3.8, 4) is 0 Å². The van der Waals surface area contributed by atoms with Crippen LogP contribution in [0.1, 0.15) is 23.9 Å². The second-order valence-electron chi connectivity index (χ2n) is 7.34. The predicted molar refractivity (Wildman–Crippen MR) is 123 cm³/mol. The number of imidazole rings is 1. The quantitative estimate of drug-likeness (QED) is 0.398. The fraction of sp³-hybridized carbons (Fsp3) is 0.200. The van der Waals surface area contributed by atoms with E-state index in [1.807, 2.05) is 42.5 Å². The van der Waals surface area contributed by atoms with E-state index in [4.69, 9.17) is 16.6 Å². The third kappa shape index (κ3) is 4.62. The molecule has 0 aliphatic rings. The number of halogens is 2. The number of aryl methyl sites for hydroxylation is 3. The standard InChI is InChI=1S/C25H23ClFN3O/c1-2-30-23-13-6-5-12-22(23)28-24(30)15-14-17-8-3-4-11-21(17)29-25(31)16-18-19(26)9-7-10-20(18)27/h3-13H,2,14-16H2,1H3,(H,29,31). The Morgan fingerprint density at radius 2 is 1.81 bits per heavy atom. The van der Waals surface area contributed by atoms with Crippen molar-refractivity contribution in [2.24, 2.45) is 0 Å². The molecule has 4 aromatic rings. The SMILES string of the molecule is CCn1c(CCc2ccccc2NC(=O)Cc2c(F)cccc2Cl)nc2ccccc21. The number of anilines is 1. The van der Waals surface area contributed by atoms with Crippen LogP contribution in [-0.2, 0) is 30.6 Å². The Kier molecular flexibility index (Phi) is 6.33. The van der Waals surface area contributed by atoms with E-state index in [-0.39, 0.29) is 22.9 Å². The van der Waals surface area contributed by atoms with Gasteiger partial charge in [0.15, 0.2) is 0 Å². The van der Waals surface area contributed by atoms with Gasteiger partial charge >= 0.3 is 0 Å². The van der Waals surface area contributed by atoms with Gasteiger partial charge in [0.05, 0.1) is 17.5 Å². The van der Waals surface area contributed by atoms with Gasteiger partial charge in [-0.2, -0.15) is 0 Å². The molecular formula is C25H23ClFN3O. The van der Waals surface area contributed by atoms with Gasteiger partial charge in [-0.3, -0.25) is 4.79 Å². The lowest BCUT2D eigenvalue weighted by Gasteiger charge is -2.12. The zero-order chi connectivity index (χ0) is 21.8. The van der Waals surface area contributed by atoms with Crippen LogP contribution in [0.5, 0.6) is 0 Å². The number of hydrogen-bond donors (Lipinski definition) is 1. The van der Waals surface area contributed by atoms with Gasteiger partial charge in [0.25, 0.3) is 0 Å². The molecule has 1 amide bonds. The number of aromatic nitrogens is 2. The summed E-state index contributed by atoms with van der Waals surface area (Å²) in [5.41, 5.74) is 4.05. The summed E-state index contributed by atoms with van der Waals surface area (Å²) in [5, 5.41) is 3.17. The van der Waals surface area contributed by atoms with Crippen LogP contribution < -0.4 is 5.32 Å². The minimum Gasteiger partial charge on any atom is -0.328 e. The molecular weight excluding hydrogens is 413 g/mol. The number of hydrogen-bond acceptors (Lipinski definition) is 2. The maximum Gasteiger partial charge on any atom is 0.228 e. The summed E-state index contributed by atoms with van der Waals surface area (Å²) in [6, 6.07) is 20.2. The number of carbonyl (C=O) groups is 1.